The first-order chi connectivity index (χ1) is 11.6. The van der Waals surface area contributed by atoms with Crippen LogP contribution in [0.2, 0.25) is 10.0 Å². The van der Waals surface area contributed by atoms with Gasteiger partial charge in [0.1, 0.15) is 5.71 Å². The third-order valence-corrected chi connectivity index (χ3v) is 3.50. The second-order valence-corrected chi connectivity index (χ2v) is 5.43. The molecule has 3 rings (SSSR count). The lowest BCUT2D eigenvalue weighted by atomic mass is 10.2. The van der Waals surface area contributed by atoms with E-state index in [0.717, 1.165) is 12.1 Å². The second kappa shape index (κ2) is 5.70. The molecule has 2 N–H and O–H groups in total. The Morgan fingerprint density at radius 2 is 1.84 bits per heavy atom. The molecule has 0 atom stereocenters. The first-order valence-corrected chi connectivity index (χ1v) is 6.97. The number of carboxylic acid groups (broad SMARTS) is 1. The average Bonchev–Trinajstić information content (AvgIpc) is 3.04. The Labute approximate surface area is 145 Å². The summed E-state index contributed by atoms with van der Waals surface area (Å²) in [6.45, 7) is 0. The SMILES string of the molecule is O=C(O)C1=Nn2nc(C(F)(F)F)nc2C1=Nc1cc(Cl)c(O)c(Cl)c1. The molecule has 1 aliphatic rings. The largest absolute Gasteiger partial charge is 0.505 e. The highest BCUT2D eigenvalue weighted by Crippen LogP contribution is 2.36. The second-order valence-electron chi connectivity index (χ2n) is 4.62. The molecule has 2 heterocycles. The Bertz CT molecular complexity index is 944. The summed E-state index contributed by atoms with van der Waals surface area (Å²) in [7, 11) is 0. The van der Waals surface area contributed by atoms with E-state index in [-0.39, 0.29) is 15.7 Å². The number of phenols is 1. The van der Waals surface area contributed by atoms with Crippen LogP contribution in [-0.4, -0.2) is 42.5 Å². The topological polar surface area (TPSA) is 113 Å². The predicted octanol–water partition coefficient (Wildman–Crippen LogP) is 2.73. The molecule has 1 aromatic carbocycles. The van der Waals surface area contributed by atoms with E-state index in [2.05, 4.69) is 20.2 Å². The lowest BCUT2D eigenvalue weighted by molar-refractivity contribution is -0.145. The zero-order valence-corrected chi connectivity index (χ0v) is 13.1. The molecule has 0 amide bonds. The van der Waals surface area contributed by atoms with Gasteiger partial charge < -0.3 is 10.2 Å². The molecule has 13 heteroatoms. The van der Waals surface area contributed by atoms with E-state index in [4.69, 9.17) is 28.3 Å². The summed E-state index contributed by atoms with van der Waals surface area (Å²) >= 11 is 11.5. The van der Waals surface area contributed by atoms with Crippen molar-refractivity contribution >= 4 is 46.3 Å². The Kier molecular flexibility index (Phi) is 3.92. The minimum atomic E-state index is -4.84. The van der Waals surface area contributed by atoms with Gasteiger partial charge in [0.25, 0.3) is 5.82 Å². The maximum atomic E-state index is 12.7. The van der Waals surface area contributed by atoms with Gasteiger partial charge in [-0.15, -0.1) is 15.0 Å². The highest BCUT2D eigenvalue weighted by molar-refractivity contribution is 6.69. The van der Waals surface area contributed by atoms with E-state index in [9.17, 15) is 23.1 Å². The van der Waals surface area contributed by atoms with Crippen molar-refractivity contribution in [3.63, 3.8) is 0 Å². The van der Waals surface area contributed by atoms with Crippen LogP contribution in [0.15, 0.2) is 22.2 Å². The van der Waals surface area contributed by atoms with E-state index >= 15 is 0 Å². The zero-order valence-electron chi connectivity index (χ0n) is 11.6. The summed E-state index contributed by atoms with van der Waals surface area (Å²) in [5.74, 6) is -3.97. The fourth-order valence-electron chi connectivity index (χ4n) is 1.88. The molecule has 25 heavy (non-hydrogen) atoms. The lowest BCUT2D eigenvalue weighted by Gasteiger charge is -2.03. The van der Waals surface area contributed by atoms with Crippen molar-refractivity contribution in [1.29, 1.82) is 0 Å². The van der Waals surface area contributed by atoms with Gasteiger partial charge in [-0.1, -0.05) is 23.2 Å². The maximum Gasteiger partial charge on any atom is 0.453 e. The molecule has 1 aliphatic heterocycles. The van der Waals surface area contributed by atoms with Gasteiger partial charge in [0.05, 0.1) is 15.7 Å². The Morgan fingerprint density at radius 1 is 1.24 bits per heavy atom. The summed E-state index contributed by atoms with van der Waals surface area (Å²) in [4.78, 5) is 18.8. The smallest absolute Gasteiger partial charge is 0.453 e. The van der Waals surface area contributed by atoms with Crippen LogP contribution >= 0.6 is 23.2 Å². The summed E-state index contributed by atoms with van der Waals surface area (Å²) in [6.07, 6.45) is -4.84. The molecule has 0 saturated carbocycles. The predicted molar refractivity (Wildman–Crippen MR) is 79.8 cm³/mol. The van der Waals surface area contributed by atoms with Gasteiger partial charge in [0, 0.05) is 0 Å². The first-order valence-electron chi connectivity index (χ1n) is 6.22. The third-order valence-electron chi connectivity index (χ3n) is 2.92. The number of aromatic nitrogens is 3. The van der Waals surface area contributed by atoms with Crippen LogP contribution < -0.4 is 0 Å². The number of hydrogen-bond acceptors (Lipinski definition) is 6. The van der Waals surface area contributed by atoms with E-state index < -0.39 is 41.0 Å². The number of rotatable bonds is 2. The average molecular weight is 394 g/mol. The number of aromatic hydroxyl groups is 1. The number of aliphatic carboxylic acids is 1. The van der Waals surface area contributed by atoms with Crippen molar-refractivity contribution in [2.24, 2.45) is 10.1 Å². The normalized spacial score (nSPS) is 15.4. The summed E-state index contributed by atoms with van der Waals surface area (Å²) in [6, 6.07) is 2.28. The summed E-state index contributed by atoms with van der Waals surface area (Å²) < 4.78 is 38.1. The van der Waals surface area contributed by atoms with Crippen LogP contribution in [0.4, 0.5) is 18.9 Å². The molecule has 0 spiro atoms. The minimum absolute atomic E-state index is 0.0261. The molecule has 1 aromatic heterocycles. The number of benzene rings is 1. The van der Waals surface area contributed by atoms with E-state index in [1.54, 1.807) is 0 Å². The fraction of sp³-hybridized carbons (Fsp3) is 0.0833. The van der Waals surface area contributed by atoms with Gasteiger partial charge in [0.2, 0.25) is 5.82 Å². The van der Waals surface area contributed by atoms with Crippen molar-refractivity contribution in [2.45, 2.75) is 6.18 Å². The van der Waals surface area contributed by atoms with Gasteiger partial charge in [-0.05, 0) is 12.1 Å². The molecule has 130 valence electrons. The van der Waals surface area contributed by atoms with Gasteiger partial charge >= 0.3 is 12.1 Å². The molecule has 8 nitrogen and oxygen atoms in total. The van der Waals surface area contributed by atoms with Crippen molar-refractivity contribution < 1.29 is 28.2 Å². The molecule has 2 aromatic rings. The third kappa shape index (κ3) is 3.03. The van der Waals surface area contributed by atoms with Gasteiger partial charge in [-0.2, -0.15) is 18.2 Å². The van der Waals surface area contributed by atoms with E-state index in [0.29, 0.717) is 4.79 Å². The number of carboxylic acids is 1. The van der Waals surface area contributed by atoms with Gasteiger partial charge in [0.15, 0.2) is 11.5 Å². The van der Waals surface area contributed by atoms with Crippen LogP contribution in [0.1, 0.15) is 11.6 Å². The number of halogens is 5. The number of nitrogens with zero attached hydrogens (tertiary/aromatic N) is 5. The van der Waals surface area contributed by atoms with Crippen molar-refractivity contribution in [1.82, 2.24) is 14.9 Å². The Morgan fingerprint density at radius 3 is 2.36 bits per heavy atom. The van der Waals surface area contributed by atoms with Crippen LogP contribution in [0, 0.1) is 0 Å². The monoisotopic (exact) mass is 393 g/mol. The molecule has 0 fully saturated rings. The number of aliphatic imine (C=N–C) groups is 1. The molecule has 0 unspecified atom stereocenters. The Hall–Kier alpha value is -2.66. The number of alkyl halides is 3. The number of hydrogen-bond donors (Lipinski definition) is 2. The highest BCUT2D eigenvalue weighted by atomic mass is 35.5. The minimum Gasteiger partial charge on any atom is -0.505 e. The van der Waals surface area contributed by atoms with Crippen LogP contribution in [-0.2, 0) is 11.0 Å². The molecule has 0 saturated heterocycles. The summed E-state index contributed by atoms with van der Waals surface area (Å²) in [5, 5.41) is 24.8. The number of phenolic OH excluding ortho intramolecular Hbond substituents is 1. The molecule has 0 aliphatic carbocycles. The van der Waals surface area contributed by atoms with Crippen LogP contribution in [0.5, 0.6) is 5.75 Å². The van der Waals surface area contributed by atoms with Gasteiger partial charge in [-0.25, -0.2) is 9.79 Å². The quantitative estimate of drug-likeness (QED) is 0.814. The molecule has 0 radical (unpaired) electrons. The van der Waals surface area contributed by atoms with Crippen LogP contribution in [0.3, 0.4) is 0 Å². The number of fused-ring (bicyclic) bond motifs is 1. The van der Waals surface area contributed by atoms with Crippen LogP contribution in [0.25, 0.3) is 0 Å². The summed E-state index contributed by atoms with van der Waals surface area (Å²) in [5.41, 5.74) is -1.15. The number of carbonyl (C=O) groups is 1. The Balaban J connectivity index is 2.16. The lowest BCUT2D eigenvalue weighted by Crippen LogP contribution is -2.22. The van der Waals surface area contributed by atoms with Crippen molar-refractivity contribution in [3.05, 3.63) is 33.8 Å². The van der Waals surface area contributed by atoms with Crippen molar-refractivity contribution in [2.75, 3.05) is 0 Å². The first kappa shape index (κ1) is 17.2. The van der Waals surface area contributed by atoms with Crippen molar-refractivity contribution in [3.8, 4) is 5.75 Å². The molecule has 0 bridgehead atoms. The zero-order chi connectivity index (χ0) is 18.5. The fourth-order valence-corrected chi connectivity index (χ4v) is 2.36. The highest BCUT2D eigenvalue weighted by Gasteiger charge is 2.41. The van der Waals surface area contributed by atoms with E-state index in [1.165, 1.54) is 0 Å². The maximum absolute atomic E-state index is 12.7. The standard InChI is InChI=1S/C12H4Cl2F3N5O3/c13-4-1-3(2-5(14)8(4)23)18-6-7(10(24)25)20-22-9(6)19-11(21-22)12(15,16)17/h1-2,23H,(H,24,25). The van der Waals surface area contributed by atoms with Gasteiger partial charge in [-0.3, -0.25) is 0 Å². The van der Waals surface area contributed by atoms with E-state index in [1.807, 2.05) is 0 Å². The molecular formula is C12H4Cl2F3N5O3. The molecular weight excluding hydrogens is 390 g/mol.